The normalized spacial score (nSPS) is 27.5. The molecule has 2 heterocycles. The zero-order valence-electron chi connectivity index (χ0n) is 12.8. The predicted molar refractivity (Wildman–Crippen MR) is 81.8 cm³/mol. The number of aromatic nitrogens is 2. The molecule has 1 aliphatic heterocycles. The Morgan fingerprint density at radius 1 is 1.57 bits per heavy atom. The van der Waals surface area contributed by atoms with Gasteiger partial charge in [0.1, 0.15) is 0 Å². The molecule has 1 aromatic heterocycles. The summed E-state index contributed by atoms with van der Waals surface area (Å²) in [6, 6.07) is 0.519. The number of nitrogens with zero attached hydrogens (tertiary/aromatic N) is 2. The number of hydrogen-bond donors (Lipinski definition) is 1. The highest BCUT2D eigenvalue weighted by Crippen LogP contribution is 2.50. The fourth-order valence-electron chi connectivity index (χ4n) is 3.70. The van der Waals surface area contributed by atoms with Gasteiger partial charge in [0.05, 0.1) is 12.3 Å². The molecule has 5 heteroatoms. The quantitative estimate of drug-likeness (QED) is 0.871. The van der Waals surface area contributed by atoms with Crippen molar-refractivity contribution in [3.8, 4) is 0 Å². The van der Waals surface area contributed by atoms with Crippen LogP contribution >= 0.6 is 0 Å². The van der Waals surface area contributed by atoms with Crippen LogP contribution in [-0.4, -0.2) is 41.7 Å². The van der Waals surface area contributed by atoms with Gasteiger partial charge < -0.3 is 14.8 Å². The van der Waals surface area contributed by atoms with Crippen molar-refractivity contribution >= 4 is 6.20 Å². The zero-order valence-corrected chi connectivity index (χ0v) is 12.8. The Balaban J connectivity index is 1.60. The highest BCUT2D eigenvalue weighted by molar-refractivity contribution is 5.18. The van der Waals surface area contributed by atoms with Gasteiger partial charge in [-0.25, -0.2) is 4.68 Å². The maximum Gasteiger partial charge on any atom is 0.0662 e. The third-order valence-electron chi connectivity index (χ3n) is 4.97. The van der Waals surface area contributed by atoms with Gasteiger partial charge in [-0.15, -0.1) is 0 Å². The van der Waals surface area contributed by atoms with Gasteiger partial charge in [-0.2, -0.15) is 5.10 Å². The maximum absolute atomic E-state index is 5.95. The number of nitrogens with one attached hydrogen (secondary N) is 1. The minimum atomic E-state index is 0.267. The molecule has 3 rings (SSSR count). The Labute approximate surface area is 126 Å². The van der Waals surface area contributed by atoms with E-state index in [1.54, 1.807) is 10.9 Å². The Bertz CT molecular complexity index is 480. The maximum atomic E-state index is 5.95. The van der Waals surface area contributed by atoms with Gasteiger partial charge in [0.25, 0.3) is 0 Å². The molecule has 0 unspecified atom stereocenters. The molecule has 116 valence electrons. The lowest BCUT2D eigenvalue weighted by molar-refractivity contribution is -0.173. The van der Waals surface area contributed by atoms with E-state index in [9.17, 15) is 0 Å². The Morgan fingerprint density at radius 3 is 3.05 bits per heavy atom. The lowest BCUT2D eigenvalue weighted by atomic mass is 9.57. The van der Waals surface area contributed by atoms with Crippen molar-refractivity contribution in [2.24, 2.45) is 5.41 Å². The Kier molecular flexibility index (Phi) is 4.42. The first kappa shape index (κ1) is 14.8. The standard InChI is InChI=1S/C16H25N3O2/c1-3-19-12-13(11-18-19)10-17-14-9-15(21-4-2)16(14)5-7-20-8-6-16/h3,11-12,14-15,17H,1,4-10H2,2H3/t14-,15+/m0/s1. The van der Waals surface area contributed by atoms with E-state index in [0.29, 0.717) is 12.1 Å². The molecule has 2 atom stereocenters. The molecule has 2 fully saturated rings. The average molecular weight is 291 g/mol. The van der Waals surface area contributed by atoms with Crippen LogP contribution in [0.5, 0.6) is 0 Å². The summed E-state index contributed by atoms with van der Waals surface area (Å²) in [5.41, 5.74) is 1.46. The fourth-order valence-corrected chi connectivity index (χ4v) is 3.70. The molecule has 1 aliphatic carbocycles. The lowest BCUT2D eigenvalue weighted by Crippen LogP contribution is -2.65. The molecule has 1 spiro atoms. The minimum absolute atomic E-state index is 0.267. The second-order valence-electron chi connectivity index (χ2n) is 5.97. The summed E-state index contributed by atoms with van der Waals surface area (Å²) >= 11 is 0. The lowest BCUT2D eigenvalue weighted by Gasteiger charge is -2.57. The predicted octanol–water partition coefficient (Wildman–Crippen LogP) is 2.05. The van der Waals surface area contributed by atoms with E-state index in [2.05, 4.69) is 23.9 Å². The molecule has 1 saturated carbocycles. The van der Waals surface area contributed by atoms with Crippen LogP contribution in [0, 0.1) is 5.41 Å². The number of rotatable bonds is 6. The van der Waals surface area contributed by atoms with Gasteiger partial charge in [0.2, 0.25) is 0 Å². The molecule has 0 aromatic carbocycles. The highest BCUT2D eigenvalue weighted by atomic mass is 16.5. The van der Waals surface area contributed by atoms with E-state index in [-0.39, 0.29) is 5.41 Å². The van der Waals surface area contributed by atoms with Crippen LogP contribution in [0.1, 0.15) is 31.7 Å². The molecule has 5 nitrogen and oxygen atoms in total. The second kappa shape index (κ2) is 6.30. The van der Waals surface area contributed by atoms with Crippen molar-refractivity contribution < 1.29 is 9.47 Å². The third-order valence-corrected chi connectivity index (χ3v) is 4.97. The van der Waals surface area contributed by atoms with E-state index in [1.807, 2.05) is 12.4 Å². The van der Waals surface area contributed by atoms with Crippen LogP contribution in [0.4, 0.5) is 0 Å². The van der Waals surface area contributed by atoms with Gasteiger partial charge in [0.15, 0.2) is 0 Å². The smallest absolute Gasteiger partial charge is 0.0662 e. The van der Waals surface area contributed by atoms with E-state index in [4.69, 9.17) is 9.47 Å². The monoisotopic (exact) mass is 291 g/mol. The SMILES string of the molecule is C=Cn1cc(CN[C@H]2C[C@@H](OCC)C23CCOCC3)cn1. The molecule has 0 amide bonds. The van der Waals surface area contributed by atoms with Gasteiger partial charge >= 0.3 is 0 Å². The minimum Gasteiger partial charge on any atom is -0.381 e. The Hall–Kier alpha value is -1.17. The molecular weight excluding hydrogens is 266 g/mol. The summed E-state index contributed by atoms with van der Waals surface area (Å²) < 4.78 is 13.2. The molecular formula is C16H25N3O2. The molecule has 0 bridgehead atoms. The van der Waals surface area contributed by atoms with Crippen molar-refractivity contribution in [2.75, 3.05) is 19.8 Å². The molecule has 0 radical (unpaired) electrons. The van der Waals surface area contributed by atoms with Crippen LogP contribution in [0.15, 0.2) is 19.0 Å². The van der Waals surface area contributed by atoms with E-state index in [1.165, 1.54) is 5.56 Å². The topological polar surface area (TPSA) is 48.3 Å². The molecule has 21 heavy (non-hydrogen) atoms. The van der Waals surface area contributed by atoms with Gasteiger partial charge in [-0.1, -0.05) is 6.58 Å². The van der Waals surface area contributed by atoms with Crippen LogP contribution in [0.3, 0.4) is 0 Å². The summed E-state index contributed by atoms with van der Waals surface area (Å²) in [6.07, 6.45) is 9.29. The van der Waals surface area contributed by atoms with Gasteiger partial charge in [-0.3, -0.25) is 0 Å². The van der Waals surface area contributed by atoms with Crippen molar-refractivity contribution in [3.63, 3.8) is 0 Å². The van der Waals surface area contributed by atoms with Crippen LogP contribution in [-0.2, 0) is 16.0 Å². The molecule has 2 aliphatic rings. The number of ether oxygens (including phenoxy) is 2. The summed E-state index contributed by atoms with van der Waals surface area (Å²) in [4.78, 5) is 0. The van der Waals surface area contributed by atoms with E-state index >= 15 is 0 Å². The van der Waals surface area contributed by atoms with Crippen LogP contribution in [0.2, 0.25) is 0 Å². The first-order chi connectivity index (χ1) is 10.3. The largest absolute Gasteiger partial charge is 0.381 e. The number of hydrogen-bond acceptors (Lipinski definition) is 4. The van der Waals surface area contributed by atoms with Crippen LogP contribution in [0.25, 0.3) is 6.20 Å². The first-order valence-electron chi connectivity index (χ1n) is 7.87. The van der Waals surface area contributed by atoms with Crippen molar-refractivity contribution in [3.05, 3.63) is 24.5 Å². The Morgan fingerprint density at radius 2 is 2.38 bits per heavy atom. The van der Waals surface area contributed by atoms with E-state index in [0.717, 1.165) is 45.6 Å². The van der Waals surface area contributed by atoms with Gasteiger partial charge in [-0.05, 0) is 26.2 Å². The van der Waals surface area contributed by atoms with Gasteiger partial charge in [0, 0.05) is 55.8 Å². The second-order valence-corrected chi connectivity index (χ2v) is 5.97. The summed E-state index contributed by atoms with van der Waals surface area (Å²) in [5.74, 6) is 0. The average Bonchev–Trinajstić information content (AvgIpc) is 2.99. The molecule has 1 saturated heterocycles. The molecule has 1 aromatic rings. The summed E-state index contributed by atoms with van der Waals surface area (Å²) in [7, 11) is 0. The third kappa shape index (κ3) is 2.78. The fraction of sp³-hybridized carbons (Fsp3) is 0.688. The van der Waals surface area contributed by atoms with E-state index < -0.39 is 0 Å². The van der Waals surface area contributed by atoms with Crippen molar-refractivity contribution in [2.45, 2.75) is 44.9 Å². The zero-order chi connectivity index (χ0) is 14.7. The summed E-state index contributed by atoms with van der Waals surface area (Å²) in [5, 5.41) is 7.92. The summed E-state index contributed by atoms with van der Waals surface area (Å²) in [6.45, 7) is 9.16. The highest BCUT2D eigenvalue weighted by Gasteiger charge is 2.55. The molecule has 1 N–H and O–H groups in total. The first-order valence-corrected chi connectivity index (χ1v) is 7.87. The van der Waals surface area contributed by atoms with Crippen LogP contribution < -0.4 is 5.32 Å². The van der Waals surface area contributed by atoms with Crippen molar-refractivity contribution in [1.82, 2.24) is 15.1 Å². The van der Waals surface area contributed by atoms with Crippen molar-refractivity contribution in [1.29, 1.82) is 0 Å².